The third-order valence-electron chi connectivity index (χ3n) is 4.20. The number of nitrogens with one attached hydrogen (secondary N) is 2. The molecule has 0 aliphatic carbocycles. The van der Waals surface area contributed by atoms with Crippen molar-refractivity contribution in [2.24, 2.45) is 0 Å². The molecule has 0 radical (unpaired) electrons. The van der Waals surface area contributed by atoms with Crippen molar-refractivity contribution in [2.45, 2.75) is 19.3 Å². The van der Waals surface area contributed by atoms with Gasteiger partial charge in [-0.2, -0.15) is 0 Å². The first-order valence-electron chi connectivity index (χ1n) is 8.52. The normalized spacial score (nSPS) is 11.4. The van der Waals surface area contributed by atoms with Crippen LogP contribution in [0.3, 0.4) is 0 Å². The lowest BCUT2D eigenvalue weighted by molar-refractivity contribution is 0.251. The molecular formula is C20H26N2O4. The van der Waals surface area contributed by atoms with E-state index in [1.807, 2.05) is 18.2 Å². The fourth-order valence-electron chi connectivity index (χ4n) is 2.77. The predicted molar refractivity (Wildman–Crippen MR) is 103 cm³/mol. The van der Waals surface area contributed by atoms with E-state index in [1.54, 1.807) is 12.1 Å². The highest BCUT2D eigenvalue weighted by Gasteiger charge is 2.15. The molecule has 6 heteroatoms. The van der Waals surface area contributed by atoms with E-state index in [0.717, 1.165) is 6.42 Å². The van der Waals surface area contributed by atoms with Gasteiger partial charge in [0.15, 0.2) is 11.5 Å². The third kappa shape index (κ3) is 4.81. The van der Waals surface area contributed by atoms with Crippen molar-refractivity contribution in [1.29, 1.82) is 0 Å². The number of rotatable bonds is 8. The van der Waals surface area contributed by atoms with Gasteiger partial charge in [-0.3, -0.25) is 0 Å². The van der Waals surface area contributed by atoms with Crippen LogP contribution in [0.2, 0.25) is 0 Å². The van der Waals surface area contributed by atoms with Crippen LogP contribution in [0.4, 0.5) is 10.5 Å². The minimum atomic E-state index is -0.284. The van der Waals surface area contributed by atoms with E-state index >= 15 is 0 Å². The van der Waals surface area contributed by atoms with Gasteiger partial charge in [0.1, 0.15) is 0 Å². The molecule has 0 unspecified atom stereocenters. The van der Waals surface area contributed by atoms with Crippen LogP contribution in [-0.2, 0) is 0 Å². The molecule has 0 aliphatic rings. The van der Waals surface area contributed by atoms with Gasteiger partial charge in [-0.1, -0.05) is 37.3 Å². The highest BCUT2D eigenvalue weighted by Crippen LogP contribution is 2.39. The molecule has 0 saturated carbocycles. The molecule has 2 rings (SSSR count). The van der Waals surface area contributed by atoms with E-state index < -0.39 is 0 Å². The van der Waals surface area contributed by atoms with Crippen molar-refractivity contribution in [2.75, 3.05) is 33.2 Å². The number of hydrogen-bond acceptors (Lipinski definition) is 4. The largest absolute Gasteiger partial charge is 0.493 e. The van der Waals surface area contributed by atoms with Crippen molar-refractivity contribution >= 4 is 11.7 Å². The number of carbonyl (C=O) groups excluding carboxylic acids is 1. The molecule has 1 atom stereocenters. The van der Waals surface area contributed by atoms with Crippen LogP contribution >= 0.6 is 0 Å². The number of benzene rings is 2. The molecule has 0 saturated heterocycles. The second-order valence-electron chi connectivity index (χ2n) is 5.76. The Labute approximate surface area is 154 Å². The molecule has 0 aliphatic heterocycles. The Hall–Kier alpha value is -2.89. The standard InChI is InChI=1S/C20H26N2O4/c1-5-14(15-9-7-6-8-10-15)13-21-20(23)22-16-11-17(24-2)19(26-4)18(12-16)25-3/h6-12,14H,5,13H2,1-4H3,(H2,21,22,23)/t14-/m1/s1. The Kier molecular flexibility index (Phi) is 7.14. The van der Waals surface area contributed by atoms with Crippen molar-refractivity contribution in [3.8, 4) is 17.2 Å². The molecule has 6 nitrogen and oxygen atoms in total. The summed E-state index contributed by atoms with van der Waals surface area (Å²) >= 11 is 0. The minimum absolute atomic E-state index is 0.266. The zero-order valence-corrected chi connectivity index (χ0v) is 15.7. The Morgan fingerprint density at radius 3 is 2.12 bits per heavy atom. The Morgan fingerprint density at radius 1 is 1.00 bits per heavy atom. The van der Waals surface area contributed by atoms with Gasteiger partial charge in [-0.25, -0.2) is 4.79 Å². The van der Waals surface area contributed by atoms with E-state index in [2.05, 4.69) is 29.7 Å². The maximum absolute atomic E-state index is 12.3. The monoisotopic (exact) mass is 358 g/mol. The molecule has 26 heavy (non-hydrogen) atoms. The molecule has 2 aromatic rings. The minimum Gasteiger partial charge on any atom is -0.493 e. The van der Waals surface area contributed by atoms with E-state index in [1.165, 1.54) is 26.9 Å². The van der Waals surface area contributed by atoms with Gasteiger partial charge < -0.3 is 24.8 Å². The van der Waals surface area contributed by atoms with Crippen molar-refractivity contribution in [1.82, 2.24) is 5.32 Å². The maximum Gasteiger partial charge on any atom is 0.319 e. The highest BCUT2D eigenvalue weighted by molar-refractivity contribution is 5.90. The van der Waals surface area contributed by atoms with Gasteiger partial charge in [-0.15, -0.1) is 0 Å². The smallest absolute Gasteiger partial charge is 0.319 e. The lowest BCUT2D eigenvalue weighted by Crippen LogP contribution is -2.32. The molecule has 2 aromatic carbocycles. The first-order valence-corrected chi connectivity index (χ1v) is 8.52. The van der Waals surface area contributed by atoms with Gasteiger partial charge in [0.05, 0.1) is 27.0 Å². The molecule has 0 spiro atoms. The quantitative estimate of drug-likeness (QED) is 0.748. The van der Waals surface area contributed by atoms with Crippen molar-refractivity contribution in [3.05, 3.63) is 48.0 Å². The molecule has 0 aromatic heterocycles. The van der Waals surface area contributed by atoms with Gasteiger partial charge in [0.25, 0.3) is 0 Å². The Balaban J connectivity index is 2.03. The summed E-state index contributed by atoms with van der Waals surface area (Å²) in [5, 5.41) is 5.73. The van der Waals surface area contributed by atoms with Gasteiger partial charge in [-0.05, 0) is 12.0 Å². The zero-order valence-electron chi connectivity index (χ0n) is 15.7. The van der Waals surface area contributed by atoms with Crippen LogP contribution < -0.4 is 24.8 Å². The number of hydrogen-bond donors (Lipinski definition) is 2. The summed E-state index contributed by atoms with van der Waals surface area (Å²) in [6, 6.07) is 13.3. The molecule has 2 amide bonds. The average Bonchev–Trinajstić information content (AvgIpc) is 2.68. The lowest BCUT2D eigenvalue weighted by atomic mass is 9.97. The van der Waals surface area contributed by atoms with E-state index in [9.17, 15) is 4.79 Å². The summed E-state index contributed by atoms with van der Waals surface area (Å²) in [7, 11) is 4.61. The van der Waals surface area contributed by atoms with Crippen LogP contribution in [0.15, 0.2) is 42.5 Å². The maximum atomic E-state index is 12.3. The van der Waals surface area contributed by atoms with Gasteiger partial charge in [0.2, 0.25) is 5.75 Å². The van der Waals surface area contributed by atoms with Crippen molar-refractivity contribution in [3.63, 3.8) is 0 Å². The van der Waals surface area contributed by atoms with Gasteiger partial charge in [0, 0.05) is 24.6 Å². The molecule has 0 fully saturated rings. The Morgan fingerprint density at radius 2 is 1.62 bits per heavy atom. The number of anilines is 1. The van der Waals surface area contributed by atoms with Crippen LogP contribution in [0.1, 0.15) is 24.8 Å². The van der Waals surface area contributed by atoms with Gasteiger partial charge >= 0.3 is 6.03 Å². The van der Waals surface area contributed by atoms with Crippen LogP contribution in [0.5, 0.6) is 17.2 Å². The van der Waals surface area contributed by atoms with Crippen LogP contribution in [0.25, 0.3) is 0 Å². The topological polar surface area (TPSA) is 68.8 Å². The summed E-state index contributed by atoms with van der Waals surface area (Å²) in [5.41, 5.74) is 1.77. The van der Waals surface area contributed by atoms with E-state index in [-0.39, 0.29) is 11.9 Å². The molecule has 0 heterocycles. The fourth-order valence-corrected chi connectivity index (χ4v) is 2.77. The highest BCUT2D eigenvalue weighted by atomic mass is 16.5. The predicted octanol–water partition coefficient (Wildman–Crippen LogP) is 4.03. The zero-order chi connectivity index (χ0) is 18.9. The number of amides is 2. The molecular weight excluding hydrogens is 332 g/mol. The number of methoxy groups -OCH3 is 3. The first-order chi connectivity index (χ1) is 12.6. The number of urea groups is 1. The molecule has 0 bridgehead atoms. The second-order valence-corrected chi connectivity index (χ2v) is 5.76. The summed E-state index contributed by atoms with van der Waals surface area (Å²) in [5.74, 6) is 1.72. The average molecular weight is 358 g/mol. The third-order valence-corrected chi connectivity index (χ3v) is 4.20. The Bertz CT molecular complexity index is 694. The lowest BCUT2D eigenvalue weighted by Gasteiger charge is -2.17. The fraction of sp³-hybridized carbons (Fsp3) is 0.350. The second kappa shape index (κ2) is 9.56. The van der Waals surface area contributed by atoms with Crippen molar-refractivity contribution < 1.29 is 19.0 Å². The SMILES string of the molecule is CC[C@H](CNC(=O)Nc1cc(OC)c(OC)c(OC)c1)c1ccccc1. The van der Waals surface area contributed by atoms with E-state index in [0.29, 0.717) is 29.5 Å². The summed E-state index contributed by atoms with van der Waals surface area (Å²) in [6.45, 7) is 2.66. The number of carbonyl (C=O) groups is 1. The number of ether oxygens (including phenoxy) is 3. The van der Waals surface area contributed by atoms with E-state index in [4.69, 9.17) is 14.2 Å². The van der Waals surface area contributed by atoms with Crippen LogP contribution in [0, 0.1) is 0 Å². The van der Waals surface area contributed by atoms with Crippen LogP contribution in [-0.4, -0.2) is 33.9 Å². The first kappa shape index (κ1) is 19.4. The summed E-state index contributed by atoms with van der Waals surface area (Å²) < 4.78 is 15.9. The molecule has 2 N–H and O–H groups in total. The summed E-state index contributed by atoms with van der Waals surface area (Å²) in [6.07, 6.45) is 0.939. The molecule has 140 valence electrons. The summed E-state index contributed by atoms with van der Waals surface area (Å²) in [4.78, 5) is 12.3.